The molecule has 1 atom stereocenters. The summed E-state index contributed by atoms with van der Waals surface area (Å²) in [5.74, 6) is -1.29. The van der Waals surface area contributed by atoms with E-state index in [1.54, 1.807) is 40.5 Å². The Balaban J connectivity index is 1.36. The van der Waals surface area contributed by atoms with Crippen LogP contribution in [0.3, 0.4) is 0 Å². The van der Waals surface area contributed by atoms with Gasteiger partial charge in [-0.2, -0.15) is 0 Å². The van der Waals surface area contributed by atoms with E-state index in [-0.39, 0.29) is 30.4 Å². The summed E-state index contributed by atoms with van der Waals surface area (Å²) in [7, 11) is 0. The third-order valence-corrected chi connectivity index (χ3v) is 7.54. The second-order valence-corrected chi connectivity index (χ2v) is 10.0. The highest BCUT2D eigenvalue weighted by molar-refractivity contribution is 7.10. The molecule has 35 heavy (non-hydrogen) atoms. The van der Waals surface area contributed by atoms with Gasteiger partial charge >= 0.3 is 0 Å². The molecule has 1 fully saturated rings. The Morgan fingerprint density at radius 2 is 1.77 bits per heavy atom. The Hall–Kier alpha value is -3.26. The molecule has 182 valence electrons. The van der Waals surface area contributed by atoms with E-state index in [1.165, 1.54) is 34.0 Å². The largest absolute Gasteiger partial charge is 0.488 e. The van der Waals surface area contributed by atoms with E-state index in [9.17, 15) is 18.4 Å². The molecule has 2 heterocycles. The van der Waals surface area contributed by atoms with Crippen LogP contribution >= 0.6 is 11.3 Å². The Morgan fingerprint density at radius 3 is 2.51 bits per heavy atom. The third-order valence-electron chi connectivity index (χ3n) is 6.54. The van der Waals surface area contributed by atoms with Crippen LogP contribution in [0.1, 0.15) is 39.7 Å². The van der Waals surface area contributed by atoms with Gasteiger partial charge in [0.15, 0.2) is 11.6 Å². The summed E-state index contributed by atoms with van der Waals surface area (Å²) >= 11 is 1.63. The summed E-state index contributed by atoms with van der Waals surface area (Å²) < 4.78 is 34.3. The lowest BCUT2D eigenvalue weighted by Crippen LogP contribution is -2.48. The van der Waals surface area contributed by atoms with Crippen molar-refractivity contribution >= 4 is 23.2 Å². The molecule has 1 aliphatic carbocycles. The van der Waals surface area contributed by atoms with Gasteiger partial charge in [0.1, 0.15) is 19.0 Å². The smallest absolute Gasteiger partial charge is 0.257 e. The molecule has 1 aliphatic heterocycles. The maximum absolute atomic E-state index is 14.3. The molecule has 0 radical (unpaired) electrons. The SMILES string of the molecule is O=C(c1ccccc1F)N(CC(=O)N1CCc2sccc2[C@H]1COc1ccccc1F)CC1CC1. The lowest BCUT2D eigenvalue weighted by Gasteiger charge is -2.37. The van der Waals surface area contributed by atoms with Gasteiger partial charge in [0.05, 0.1) is 11.6 Å². The van der Waals surface area contributed by atoms with Gasteiger partial charge < -0.3 is 14.5 Å². The van der Waals surface area contributed by atoms with Crippen LogP contribution in [-0.2, 0) is 11.2 Å². The predicted octanol–water partition coefficient (Wildman–Crippen LogP) is 5.08. The van der Waals surface area contributed by atoms with Crippen LogP contribution in [0.4, 0.5) is 8.78 Å². The monoisotopic (exact) mass is 496 g/mol. The van der Waals surface area contributed by atoms with E-state index in [0.29, 0.717) is 25.4 Å². The highest BCUT2D eigenvalue weighted by Gasteiger charge is 2.35. The van der Waals surface area contributed by atoms with Crippen molar-refractivity contribution in [3.05, 3.63) is 87.6 Å². The van der Waals surface area contributed by atoms with Crippen molar-refractivity contribution in [2.75, 3.05) is 26.2 Å². The number of amides is 2. The number of rotatable bonds is 8. The van der Waals surface area contributed by atoms with Crippen LogP contribution in [0.15, 0.2) is 60.0 Å². The fraction of sp³-hybridized carbons (Fsp3) is 0.333. The Kier molecular flexibility index (Phi) is 6.81. The molecule has 1 saturated carbocycles. The average Bonchev–Trinajstić information content (AvgIpc) is 3.55. The first kappa shape index (κ1) is 23.5. The molecule has 0 bridgehead atoms. The van der Waals surface area contributed by atoms with Crippen LogP contribution in [0.25, 0.3) is 0 Å². The van der Waals surface area contributed by atoms with Gasteiger partial charge in [0.2, 0.25) is 5.91 Å². The first-order chi connectivity index (χ1) is 17.0. The van der Waals surface area contributed by atoms with Gasteiger partial charge in [-0.05, 0) is 66.5 Å². The van der Waals surface area contributed by atoms with E-state index in [4.69, 9.17) is 4.74 Å². The van der Waals surface area contributed by atoms with Crippen molar-refractivity contribution in [2.24, 2.45) is 5.92 Å². The van der Waals surface area contributed by atoms with Crippen molar-refractivity contribution < 1.29 is 23.1 Å². The number of carbonyl (C=O) groups is 2. The Morgan fingerprint density at radius 1 is 1.03 bits per heavy atom. The maximum Gasteiger partial charge on any atom is 0.257 e. The van der Waals surface area contributed by atoms with E-state index in [0.717, 1.165) is 18.4 Å². The number of carbonyl (C=O) groups excluding carboxylic acids is 2. The Labute approximate surface area is 206 Å². The van der Waals surface area contributed by atoms with Gasteiger partial charge in [0, 0.05) is 18.0 Å². The van der Waals surface area contributed by atoms with Crippen LogP contribution < -0.4 is 4.74 Å². The van der Waals surface area contributed by atoms with Crippen molar-refractivity contribution in [3.8, 4) is 5.75 Å². The second kappa shape index (κ2) is 10.2. The number of ether oxygens (including phenoxy) is 1. The Bertz CT molecular complexity index is 1230. The minimum atomic E-state index is -0.595. The fourth-order valence-corrected chi connectivity index (χ4v) is 5.42. The summed E-state index contributed by atoms with van der Waals surface area (Å²) in [4.78, 5) is 31.1. The number of nitrogens with zero attached hydrogens (tertiary/aromatic N) is 2. The first-order valence-corrected chi connectivity index (χ1v) is 12.7. The van der Waals surface area contributed by atoms with Crippen LogP contribution in [0.2, 0.25) is 0 Å². The second-order valence-electron chi connectivity index (χ2n) is 9.00. The van der Waals surface area contributed by atoms with E-state index in [1.807, 2.05) is 11.4 Å². The fourth-order valence-electron chi connectivity index (χ4n) is 4.50. The van der Waals surface area contributed by atoms with Crippen molar-refractivity contribution in [1.29, 1.82) is 0 Å². The molecule has 0 N–H and O–H groups in total. The average molecular weight is 497 g/mol. The first-order valence-electron chi connectivity index (χ1n) is 11.8. The standard InChI is InChI=1S/C27H26F2N2O3S/c28-21-6-2-1-5-19(21)27(33)30(15-18-9-10-18)16-26(32)31-13-11-25-20(12-14-35-25)23(31)17-34-24-8-4-3-7-22(24)29/h1-8,12,14,18,23H,9-11,13,15-17H2/t23-/m1/s1. The molecule has 2 aliphatic rings. The normalized spacial score (nSPS) is 17.1. The summed E-state index contributed by atoms with van der Waals surface area (Å²) in [5, 5.41) is 1.98. The number of fused-ring (bicyclic) bond motifs is 1. The summed E-state index contributed by atoms with van der Waals surface area (Å²) in [6, 6.07) is 13.6. The zero-order chi connectivity index (χ0) is 24.4. The lowest BCUT2D eigenvalue weighted by molar-refractivity contribution is -0.135. The molecule has 0 spiro atoms. The zero-order valence-corrected chi connectivity index (χ0v) is 20.0. The summed E-state index contributed by atoms with van der Waals surface area (Å²) in [6.07, 6.45) is 2.70. The minimum Gasteiger partial charge on any atom is -0.488 e. The molecule has 8 heteroatoms. The molecular weight excluding hydrogens is 470 g/mol. The molecule has 2 amide bonds. The van der Waals surface area contributed by atoms with E-state index >= 15 is 0 Å². The highest BCUT2D eigenvalue weighted by Crippen LogP contribution is 2.35. The molecule has 2 aromatic carbocycles. The molecule has 3 aromatic rings. The van der Waals surface area contributed by atoms with Crippen LogP contribution in [-0.4, -0.2) is 47.9 Å². The lowest BCUT2D eigenvalue weighted by atomic mass is 10.00. The van der Waals surface area contributed by atoms with E-state index in [2.05, 4.69) is 0 Å². The van der Waals surface area contributed by atoms with Gasteiger partial charge in [-0.15, -0.1) is 11.3 Å². The van der Waals surface area contributed by atoms with Gasteiger partial charge in [0.25, 0.3) is 5.91 Å². The number of hydrogen-bond donors (Lipinski definition) is 0. The van der Waals surface area contributed by atoms with Gasteiger partial charge in [-0.1, -0.05) is 24.3 Å². The van der Waals surface area contributed by atoms with Crippen LogP contribution in [0, 0.1) is 17.6 Å². The molecule has 1 aromatic heterocycles. The molecule has 5 rings (SSSR count). The topological polar surface area (TPSA) is 49.9 Å². The minimum absolute atomic E-state index is 0.0286. The van der Waals surface area contributed by atoms with Gasteiger partial charge in [-0.3, -0.25) is 9.59 Å². The molecular formula is C27H26F2N2O3S. The van der Waals surface area contributed by atoms with E-state index < -0.39 is 23.6 Å². The molecule has 0 saturated heterocycles. The summed E-state index contributed by atoms with van der Waals surface area (Å²) in [6.45, 7) is 0.856. The third kappa shape index (κ3) is 5.22. The summed E-state index contributed by atoms with van der Waals surface area (Å²) in [5.41, 5.74) is 0.958. The number of para-hydroxylation sites is 1. The van der Waals surface area contributed by atoms with Gasteiger partial charge in [-0.25, -0.2) is 8.78 Å². The molecule has 0 unspecified atom stereocenters. The molecule has 5 nitrogen and oxygen atoms in total. The number of benzene rings is 2. The zero-order valence-electron chi connectivity index (χ0n) is 19.2. The van der Waals surface area contributed by atoms with Crippen molar-refractivity contribution in [2.45, 2.75) is 25.3 Å². The highest BCUT2D eigenvalue weighted by atomic mass is 32.1. The van der Waals surface area contributed by atoms with Crippen molar-refractivity contribution in [3.63, 3.8) is 0 Å². The van der Waals surface area contributed by atoms with Crippen molar-refractivity contribution in [1.82, 2.24) is 9.80 Å². The van der Waals surface area contributed by atoms with Crippen LogP contribution in [0.5, 0.6) is 5.75 Å². The number of halogens is 2. The number of hydrogen-bond acceptors (Lipinski definition) is 4. The predicted molar refractivity (Wildman–Crippen MR) is 129 cm³/mol. The quantitative estimate of drug-likeness (QED) is 0.437. The number of thiophene rings is 1. The maximum atomic E-state index is 14.3.